The molecular weight excluding hydrogens is 300 g/mol. The molecule has 6 nitrogen and oxygen atoms in total. The van der Waals surface area contributed by atoms with E-state index < -0.39 is 0 Å². The molecule has 0 aliphatic carbocycles. The molecule has 6 heteroatoms. The summed E-state index contributed by atoms with van der Waals surface area (Å²) in [7, 11) is 1.98. The Bertz CT molecular complexity index is 799. The van der Waals surface area contributed by atoms with E-state index in [4.69, 9.17) is 4.98 Å². The highest BCUT2D eigenvalue weighted by molar-refractivity contribution is 5.53. The number of nitrogens with zero attached hydrogens (tertiary/aromatic N) is 6. The second-order valence-corrected chi connectivity index (χ2v) is 6.13. The Hall–Kier alpha value is -2.76. The van der Waals surface area contributed by atoms with E-state index in [1.165, 1.54) is 0 Å². The Kier molecular flexibility index (Phi) is 3.94. The van der Waals surface area contributed by atoms with Crippen molar-refractivity contribution in [3.8, 4) is 11.4 Å². The molecule has 1 atom stereocenters. The Morgan fingerprint density at radius 2 is 1.96 bits per heavy atom. The van der Waals surface area contributed by atoms with Crippen molar-refractivity contribution in [3.63, 3.8) is 0 Å². The maximum Gasteiger partial charge on any atom is 0.181 e. The fourth-order valence-electron chi connectivity index (χ4n) is 3.31. The van der Waals surface area contributed by atoms with Crippen LogP contribution in [0, 0.1) is 0 Å². The predicted molar refractivity (Wildman–Crippen MR) is 92.7 cm³/mol. The van der Waals surface area contributed by atoms with Crippen LogP contribution in [0.5, 0.6) is 0 Å². The molecule has 1 aliphatic rings. The lowest BCUT2D eigenvalue weighted by Crippen LogP contribution is -2.35. The van der Waals surface area contributed by atoms with Gasteiger partial charge in [0.25, 0.3) is 0 Å². The third-order valence-corrected chi connectivity index (χ3v) is 4.50. The minimum Gasteiger partial charge on any atom is -0.356 e. The topological polar surface area (TPSA) is 59.7 Å². The van der Waals surface area contributed by atoms with Crippen LogP contribution in [0.1, 0.15) is 24.6 Å². The third kappa shape index (κ3) is 2.87. The van der Waals surface area contributed by atoms with Gasteiger partial charge < -0.3 is 4.90 Å². The lowest BCUT2D eigenvalue weighted by atomic mass is 9.97. The molecule has 24 heavy (non-hydrogen) atoms. The number of anilines is 1. The van der Waals surface area contributed by atoms with E-state index in [1.54, 1.807) is 12.4 Å². The second kappa shape index (κ2) is 6.39. The first-order chi connectivity index (χ1) is 11.8. The van der Waals surface area contributed by atoms with Gasteiger partial charge >= 0.3 is 0 Å². The predicted octanol–water partition coefficient (Wildman–Crippen LogP) is 2.66. The fraction of sp³-hybridized carbons (Fsp3) is 0.333. The first kappa shape index (κ1) is 14.8. The van der Waals surface area contributed by atoms with E-state index in [2.05, 4.69) is 26.0 Å². The normalized spacial score (nSPS) is 17.9. The minimum atomic E-state index is 0.369. The van der Waals surface area contributed by atoms with Crippen LogP contribution in [-0.2, 0) is 7.05 Å². The van der Waals surface area contributed by atoms with Gasteiger partial charge in [-0.2, -0.15) is 5.10 Å². The Morgan fingerprint density at radius 1 is 1.08 bits per heavy atom. The molecule has 0 N–H and O–H groups in total. The smallest absolute Gasteiger partial charge is 0.181 e. The summed E-state index contributed by atoms with van der Waals surface area (Å²) in [5.41, 5.74) is 1.00. The summed E-state index contributed by atoms with van der Waals surface area (Å²) in [4.78, 5) is 15.7. The number of rotatable bonds is 3. The summed E-state index contributed by atoms with van der Waals surface area (Å²) < 4.78 is 1.92. The summed E-state index contributed by atoms with van der Waals surface area (Å²) in [5.74, 6) is 3.22. The summed E-state index contributed by atoms with van der Waals surface area (Å²) in [5, 5.41) is 4.60. The maximum atomic E-state index is 4.81. The molecule has 3 aromatic rings. The van der Waals surface area contributed by atoms with Crippen molar-refractivity contribution in [2.75, 3.05) is 18.0 Å². The summed E-state index contributed by atoms with van der Waals surface area (Å²) in [6.45, 7) is 1.97. The van der Waals surface area contributed by atoms with Crippen LogP contribution in [0.25, 0.3) is 11.4 Å². The molecule has 4 rings (SSSR count). The van der Waals surface area contributed by atoms with Gasteiger partial charge in [-0.15, -0.1) is 0 Å². The zero-order valence-electron chi connectivity index (χ0n) is 13.7. The van der Waals surface area contributed by atoms with Crippen molar-refractivity contribution in [2.45, 2.75) is 18.8 Å². The van der Waals surface area contributed by atoms with Crippen LogP contribution < -0.4 is 4.90 Å². The van der Waals surface area contributed by atoms with Crippen LogP contribution in [0.4, 0.5) is 5.82 Å². The quantitative estimate of drug-likeness (QED) is 0.742. The van der Waals surface area contributed by atoms with E-state index in [0.717, 1.165) is 49.0 Å². The van der Waals surface area contributed by atoms with Crippen LogP contribution in [0.2, 0.25) is 0 Å². The lowest BCUT2D eigenvalue weighted by molar-refractivity contribution is 0.472. The lowest BCUT2D eigenvalue weighted by Gasteiger charge is -2.32. The summed E-state index contributed by atoms with van der Waals surface area (Å²) >= 11 is 0. The number of pyridine rings is 2. The third-order valence-electron chi connectivity index (χ3n) is 4.50. The van der Waals surface area contributed by atoms with E-state index >= 15 is 0 Å². The number of piperidine rings is 1. The second-order valence-electron chi connectivity index (χ2n) is 6.13. The van der Waals surface area contributed by atoms with Crippen molar-refractivity contribution in [1.29, 1.82) is 0 Å². The van der Waals surface area contributed by atoms with Crippen molar-refractivity contribution < 1.29 is 0 Å². The standard InChI is InChI=1S/C18H20N6/c1-23-18(21-17(22-23)14-7-10-19-11-8-14)15-5-4-12-24(13-15)16-6-2-3-9-20-16/h2-3,6-11,15H,4-5,12-13H2,1H3/t15-/m1/s1. The molecule has 0 spiro atoms. The molecule has 0 radical (unpaired) electrons. The maximum absolute atomic E-state index is 4.81. The van der Waals surface area contributed by atoms with Crippen LogP contribution in [-0.4, -0.2) is 37.8 Å². The first-order valence-electron chi connectivity index (χ1n) is 8.28. The van der Waals surface area contributed by atoms with E-state index in [1.807, 2.05) is 42.2 Å². The van der Waals surface area contributed by atoms with Gasteiger partial charge in [0.2, 0.25) is 0 Å². The Balaban J connectivity index is 1.58. The van der Waals surface area contributed by atoms with Crippen molar-refractivity contribution in [2.24, 2.45) is 7.05 Å². The van der Waals surface area contributed by atoms with Gasteiger partial charge in [-0.25, -0.2) is 9.97 Å². The van der Waals surface area contributed by atoms with Gasteiger partial charge in [0, 0.05) is 50.2 Å². The van der Waals surface area contributed by atoms with Gasteiger partial charge in [-0.1, -0.05) is 6.07 Å². The van der Waals surface area contributed by atoms with Gasteiger partial charge in [0.1, 0.15) is 11.6 Å². The average Bonchev–Trinajstić information content (AvgIpc) is 3.05. The molecule has 1 fully saturated rings. The molecule has 4 heterocycles. The molecule has 1 aliphatic heterocycles. The zero-order valence-corrected chi connectivity index (χ0v) is 13.7. The van der Waals surface area contributed by atoms with Crippen molar-refractivity contribution in [3.05, 3.63) is 54.7 Å². The Labute approximate surface area is 141 Å². The zero-order chi connectivity index (χ0) is 16.4. The number of aromatic nitrogens is 5. The minimum absolute atomic E-state index is 0.369. The molecule has 0 bridgehead atoms. The monoisotopic (exact) mass is 320 g/mol. The van der Waals surface area contributed by atoms with Crippen LogP contribution in [0.15, 0.2) is 48.9 Å². The van der Waals surface area contributed by atoms with Gasteiger partial charge in [-0.05, 0) is 37.1 Å². The summed E-state index contributed by atoms with van der Waals surface area (Å²) in [6.07, 6.45) is 7.66. The first-order valence-corrected chi connectivity index (χ1v) is 8.28. The number of hydrogen-bond acceptors (Lipinski definition) is 5. The molecular formula is C18H20N6. The Morgan fingerprint density at radius 3 is 2.75 bits per heavy atom. The highest BCUT2D eigenvalue weighted by atomic mass is 15.3. The van der Waals surface area contributed by atoms with E-state index in [9.17, 15) is 0 Å². The molecule has 0 aromatic carbocycles. The highest BCUT2D eigenvalue weighted by Gasteiger charge is 2.26. The molecule has 0 unspecified atom stereocenters. The largest absolute Gasteiger partial charge is 0.356 e. The van der Waals surface area contributed by atoms with Gasteiger partial charge in [0.05, 0.1) is 0 Å². The van der Waals surface area contributed by atoms with Crippen LogP contribution >= 0.6 is 0 Å². The van der Waals surface area contributed by atoms with Gasteiger partial charge in [0.15, 0.2) is 5.82 Å². The number of hydrogen-bond donors (Lipinski definition) is 0. The molecule has 0 saturated carbocycles. The highest BCUT2D eigenvalue weighted by Crippen LogP contribution is 2.29. The summed E-state index contributed by atoms with van der Waals surface area (Å²) in [6, 6.07) is 9.95. The molecule has 3 aromatic heterocycles. The van der Waals surface area contributed by atoms with E-state index in [-0.39, 0.29) is 0 Å². The van der Waals surface area contributed by atoms with Crippen molar-refractivity contribution in [1.82, 2.24) is 24.7 Å². The molecule has 122 valence electrons. The molecule has 1 saturated heterocycles. The SMILES string of the molecule is Cn1nc(-c2ccncc2)nc1[C@@H]1CCCN(c2ccccn2)C1. The van der Waals surface area contributed by atoms with E-state index in [0.29, 0.717) is 5.92 Å². The number of aryl methyl sites for hydroxylation is 1. The average molecular weight is 320 g/mol. The van der Waals surface area contributed by atoms with Gasteiger partial charge in [-0.3, -0.25) is 9.67 Å². The fourth-order valence-corrected chi connectivity index (χ4v) is 3.31. The van der Waals surface area contributed by atoms with Crippen LogP contribution in [0.3, 0.4) is 0 Å². The molecule has 0 amide bonds. The van der Waals surface area contributed by atoms with Crippen molar-refractivity contribution >= 4 is 5.82 Å².